The zero-order chi connectivity index (χ0) is 14.5. The van der Waals surface area contributed by atoms with E-state index in [-0.39, 0.29) is 11.6 Å². The van der Waals surface area contributed by atoms with Gasteiger partial charge in [-0.1, -0.05) is 18.2 Å². The number of aryl methyl sites for hydroxylation is 1. The minimum Gasteiger partial charge on any atom is -0.383 e. The second kappa shape index (κ2) is 6.21. The number of carbonyl (C=O) groups is 1. The highest BCUT2D eigenvalue weighted by molar-refractivity contribution is 6.00. The van der Waals surface area contributed by atoms with Crippen LogP contribution in [0.5, 0.6) is 0 Å². The smallest absolute Gasteiger partial charge is 0.319 e. The van der Waals surface area contributed by atoms with E-state index in [1.807, 2.05) is 12.1 Å². The first-order valence-corrected chi connectivity index (χ1v) is 6.25. The molecule has 0 fully saturated rings. The average molecular weight is 275 g/mol. The molecule has 2 rings (SSSR count). The van der Waals surface area contributed by atoms with Crippen molar-refractivity contribution in [2.45, 2.75) is 0 Å². The lowest BCUT2D eigenvalue weighted by Gasteiger charge is -2.11. The van der Waals surface area contributed by atoms with Crippen molar-refractivity contribution >= 4 is 22.5 Å². The maximum Gasteiger partial charge on any atom is 0.319 e. The van der Waals surface area contributed by atoms with E-state index in [1.54, 1.807) is 32.5 Å². The first kappa shape index (κ1) is 14.1. The maximum atomic E-state index is 12.0. The molecule has 0 spiro atoms. The molecule has 0 radical (unpaired) electrons. The topological polar surface area (TPSA) is 72.4 Å². The Kier molecular flexibility index (Phi) is 4.37. The van der Waals surface area contributed by atoms with Gasteiger partial charge in [0.05, 0.1) is 12.3 Å². The summed E-state index contributed by atoms with van der Waals surface area (Å²) in [6, 6.07) is 6.85. The number of methoxy groups -OCH3 is 1. The summed E-state index contributed by atoms with van der Waals surface area (Å²) >= 11 is 0. The Bertz CT molecular complexity index is 679. The summed E-state index contributed by atoms with van der Waals surface area (Å²) in [7, 11) is 3.23. The van der Waals surface area contributed by atoms with Crippen molar-refractivity contribution < 1.29 is 9.53 Å². The van der Waals surface area contributed by atoms with E-state index in [2.05, 4.69) is 10.6 Å². The molecule has 2 N–H and O–H groups in total. The molecule has 0 aliphatic rings. The fraction of sp³-hybridized carbons (Fsp3) is 0.286. The number of fused-ring (bicyclic) bond motifs is 1. The Labute approximate surface area is 116 Å². The summed E-state index contributed by atoms with van der Waals surface area (Å²) in [5, 5.41) is 6.71. The first-order valence-electron chi connectivity index (χ1n) is 6.25. The Morgan fingerprint density at radius 2 is 2.00 bits per heavy atom. The van der Waals surface area contributed by atoms with Crippen LogP contribution in [0.3, 0.4) is 0 Å². The number of anilines is 1. The fourth-order valence-electron chi connectivity index (χ4n) is 1.95. The van der Waals surface area contributed by atoms with Gasteiger partial charge in [0, 0.05) is 37.7 Å². The zero-order valence-corrected chi connectivity index (χ0v) is 11.5. The Morgan fingerprint density at radius 3 is 2.70 bits per heavy atom. The van der Waals surface area contributed by atoms with Gasteiger partial charge in [-0.3, -0.25) is 4.79 Å². The number of amides is 2. The molecular formula is C14H17N3O3. The second-order valence-electron chi connectivity index (χ2n) is 4.38. The van der Waals surface area contributed by atoms with E-state index in [4.69, 9.17) is 4.74 Å². The number of rotatable bonds is 4. The number of aromatic nitrogens is 1. The zero-order valence-electron chi connectivity index (χ0n) is 11.5. The van der Waals surface area contributed by atoms with E-state index in [0.717, 1.165) is 5.39 Å². The van der Waals surface area contributed by atoms with Crippen molar-refractivity contribution in [2.75, 3.05) is 25.6 Å². The number of nitrogens with zero attached hydrogens (tertiary/aromatic N) is 1. The van der Waals surface area contributed by atoms with Crippen LogP contribution in [0.4, 0.5) is 10.5 Å². The minimum atomic E-state index is -0.328. The van der Waals surface area contributed by atoms with Crippen LogP contribution in [0, 0.1) is 0 Å². The Hall–Kier alpha value is -2.34. The molecular weight excluding hydrogens is 258 g/mol. The van der Waals surface area contributed by atoms with Gasteiger partial charge < -0.3 is 19.9 Å². The molecule has 2 amide bonds. The number of benzene rings is 1. The summed E-state index contributed by atoms with van der Waals surface area (Å²) in [4.78, 5) is 23.8. The second-order valence-corrected chi connectivity index (χ2v) is 4.38. The third-order valence-electron chi connectivity index (χ3n) is 2.93. The van der Waals surface area contributed by atoms with Crippen LogP contribution in [0.1, 0.15) is 0 Å². The summed E-state index contributed by atoms with van der Waals surface area (Å²) in [5.74, 6) is 0. The highest BCUT2D eigenvalue weighted by Gasteiger charge is 2.08. The standard InChI is InChI=1S/C14H17N3O3/c1-17-9-12(16-14(19)15-7-8-20-2)10-5-3-4-6-11(10)13(17)18/h3-6,9H,7-8H2,1-2H3,(H2,15,16,19). The lowest BCUT2D eigenvalue weighted by Crippen LogP contribution is -2.32. The van der Waals surface area contributed by atoms with Crippen LogP contribution < -0.4 is 16.2 Å². The summed E-state index contributed by atoms with van der Waals surface area (Å²) < 4.78 is 6.31. The molecule has 1 aromatic heterocycles. The van der Waals surface area contributed by atoms with E-state index in [0.29, 0.717) is 24.2 Å². The molecule has 0 unspecified atom stereocenters. The Balaban J connectivity index is 2.28. The number of ether oxygens (including phenoxy) is 1. The highest BCUT2D eigenvalue weighted by Crippen LogP contribution is 2.19. The van der Waals surface area contributed by atoms with Crippen LogP contribution in [-0.2, 0) is 11.8 Å². The van der Waals surface area contributed by atoms with E-state index in [9.17, 15) is 9.59 Å². The fourth-order valence-corrected chi connectivity index (χ4v) is 1.95. The molecule has 0 aliphatic heterocycles. The van der Waals surface area contributed by atoms with Crippen molar-refractivity contribution in [3.8, 4) is 0 Å². The molecule has 20 heavy (non-hydrogen) atoms. The van der Waals surface area contributed by atoms with E-state index < -0.39 is 0 Å². The number of hydrogen-bond acceptors (Lipinski definition) is 3. The third-order valence-corrected chi connectivity index (χ3v) is 2.93. The molecule has 6 heteroatoms. The van der Waals surface area contributed by atoms with Crippen molar-refractivity contribution in [1.29, 1.82) is 0 Å². The van der Waals surface area contributed by atoms with Crippen LogP contribution in [0.2, 0.25) is 0 Å². The number of carbonyl (C=O) groups excluding carboxylic acids is 1. The van der Waals surface area contributed by atoms with Crippen LogP contribution in [0.25, 0.3) is 10.8 Å². The van der Waals surface area contributed by atoms with Crippen molar-refractivity contribution in [3.05, 3.63) is 40.8 Å². The van der Waals surface area contributed by atoms with Crippen LogP contribution in [0.15, 0.2) is 35.3 Å². The first-order chi connectivity index (χ1) is 9.63. The quantitative estimate of drug-likeness (QED) is 0.826. The predicted molar refractivity (Wildman–Crippen MR) is 78.1 cm³/mol. The number of nitrogens with one attached hydrogen (secondary N) is 2. The molecule has 0 aliphatic carbocycles. The van der Waals surface area contributed by atoms with Crippen LogP contribution in [-0.4, -0.2) is 30.9 Å². The normalized spacial score (nSPS) is 10.5. The maximum absolute atomic E-state index is 12.0. The van der Waals surface area contributed by atoms with Gasteiger partial charge in [0.25, 0.3) is 5.56 Å². The number of hydrogen-bond donors (Lipinski definition) is 2. The van der Waals surface area contributed by atoms with Crippen LogP contribution >= 0.6 is 0 Å². The highest BCUT2D eigenvalue weighted by atomic mass is 16.5. The lowest BCUT2D eigenvalue weighted by atomic mass is 10.1. The summed E-state index contributed by atoms with van der Waals surface area (Å²) in [6.07, 6.45) is 1.61. The molecule has 0 saturated heterocycles. The van der Waals surface area contributed by atoms with Crippen molar-refractivity contribution in [3.63, 3.8) is 0 Å². The Morgan fingerprint density at radius 1 is 1.30 bits per heavy atom. The monoisotopic (exact) mass is 275 g/mol. The molecule has 0 bridgehead atoms. The molecule has 0 atom stereocenters. The molecule has 0 saturated carbocycles. The van der Waals surface area contributed by atoms with Gasteiger partial charge in [0.2, 0.25) is 0 Å². The minimum absolute atomic E-state index is 0.0917. The number of urea groups is 1. The lowest BCUT2D eigenvalue weighted by molar-refractivity contribution is 0.198. The molecule has 1 heterocycles. The summed E-state index contributed by atoms with van der Waals surface area (Å²) in [6.45, 7) is 0.869. The molecule has 2 aromatic rings. The molecule has 1 aromatic carbocycles. The summed E-state index contributed by atoms with van der Waals surface area (Å²) in [5.41, 5.74) is 0.503. The number of pyridine rings is 1. The van der Waals surface area contributed by atoms with Gasteiger partial charge >= 0.3 is 6.03 Å². The van der Waals surface area contributed by atoms with Gasteiger partial charge in [0.15, 0.2) is 0 Å². The van der Waals surface area contributed by atoms with Gasteiger partial charge in [-0.2, -0.15) is 0 Å². The van der Waals surface area contributed by atoms with Crippen molar-refractivity contribution in [2.24, 2.45) is 7.05 Å². The average Bonchev–Trinajstić information content (AvgIpc) is 2.45. The third kappa shape index (κ3) is 2.97. The van der Waals surface area contributed by atoms with E-state index in [1.165, 1.54) is 4.57 Å². The van der Waals surface area contributed by atoms with Gasteiger partial charge in [-0.25, -0.2) is 4.79 Å². The van der Waals surface area contributed by atoms with Crippen molar-refractivity contribution in [1.82, 2.24) is 9.88 Å². The molecule has 106 valence electrons. The van der Waals surface area contributed by atoms with Gasteiger partial charge in [-0.05, 0) is 6.07 Å². The van der Waals surface area contributed by atoms with Gasteiger partial charge in [0.1, 0.15) is 0 Å². The largest absolute Gasteiger partial charge is 0.383 e. The SMILES string of the molecule is COCCNC(=O)Nc1cn(C)c(=O)c2ccccc12. The predicted octanol–water partition coefficient (Wildman–Crippen LogP) is 1.31. The molecule has 6 nitrogen and oxygen atoms in total. The van der Waals surface area contributed by atoms with E-state index >= 15 is 0 Å². The van der Waals surface area contributed by atoms with Gasteiger partial charge in [-0.15, -0.1) is 0 Å².